The molecule has 0 aliphatic heterocycles. The molecule has 2 heterocycles. The van der Waals surface area contributed by atoms with Gasteiger partial charge in [0.2, 0.25) is 0 Å². The average Bonchev–Trinajstić information content (AvgIpc) is 2.88. The van der Waals surface area contributed by atoms with Crippen LogP contribution in [0.2, 0.25) is 0 Å². The quantitative estimate of drug-likeness (QED) is 0.821. The lowest BCUT2D eigenvalue weighted by Crippen LogP contribution is -2.25. The molecule has 16 heavy (non-hydrogen) atoms. The van der Waals surface area contributed by atoms with Gasteiger partial charge in [0.25, 0.3) is 5.91 Å². The lowest BCUT2D eigenvalue weighted by Gasteiger charge is -2.14. The van der Waals surface area contributed by atoms with Gasteiger partial charge < -0.3 is 9.32 Å². The number of carbonyl (C=O) groups is 1. The van der Waals surface area contributed by atoms with Crippen molar-refractivity contribution in [2.24, 2.45) is 0 Å². The predicted molar refractivity (Wildman–Crippen MR) is 61.4 cm³/mol. The van der Waals surface area contributed by atoms with Gasteiger partial charge in [0.05, 0.1) is 24.0 Å². The molecular formula is C11H12N2O2S. The molecular weight excluding hydrogens is 224 g/mol. The molecule has 2 aromatic rings. The summed E-state index contributed by atoms with van der Waals surface area (Å²) in [5.41, 5.74) is 2.46. The number of aromatic nitrogens is 1. The molecule has 0 aliphatic rings. The molecule has 2 aromatic heterocycles. The highest BCUT2D eigenvalue weighted by molar-refractivity contribution is 7.11. The molecule has 0 spiro atoms. The Morgan fingerprint density at radius 3 is 3.00 bits per heavy atom. The van der Waals surface area contributed by atoms with Crippen LogP contribution in [0.4, 0.5) is 0 Å². The molecule has 1 amide bonds. The number of carbonyl (C=O) groups excluding carboxylic acids is 1. The average molecular weight is 236 g/mol. The highest BCUT2D eigenvalue weighted by Gasteiger charge is 2.17. The van der Waals surface area contributed by atoms with Crippen LogP contribution in [0, 0.1) is 6.92 Å². The molecule has 0 aliphatic carbocycles. The van der Waals surface area contributed by atoms with Crippen molar-refractivity contribution in [1.29, 1.82) is 0 Å². The van der Waals surface area contributed by atoms with E-state index in [1.807, 2.05) is 19.1 Å². The van der Waals surface area contributed by atoms with Crippen LogP contribution in [0.3, 0.4) is 0 Å². The summed E-state index contributed by atoms with van der Waals surface area (Å²) in [7, 11) is 1.75. The van der Waals surface area contributed by atoms with Crippen LogP contribution in [0.15, 0.2) is 28.3 Å². The minimum absolute atomic E-state index is 0.0172. The molecule has 0 saturated heterocycles. The molecule has 0 aromatic carbocycles. The first-order chi connectivity index (χ1) is 7.68. The Balaban J connectivity index is 2.08. The zero-order valence-electron chi connectivity index (χ0n) is 9.14. The summed E-state index contributed by atoms with van der Waals surface area (Å²) in [5.74, 6) is 0.759. The van der Waals surface area contributed by atoms with Crippen molar-refractivity contribution < 1.29 is 9.21 Å². The molecule has 5 heteroatoms. The zero-order valence-corrected chi connectivity index (χ0v) is 9.95. The van der Waals surface area contributed by atoms with Gasteiger partial charge in [0.15, 0.2) is 0 Å². The largest absolute Gasteiger partial charge is 0.467 e. The number of nitrogens with zero attached hydrogens (tertiary/aromatic N) is 2. The number of furan rings is 1. The van der Waals surface area contributed by atoms with Gasteiger partial charge in [-0.25, -0.2) is 4.98 Å². The van der Waals surface area contributed by atoms with Crippen molar-refractivity contribution in [3.63, 3.8) is 0 Å². The molecule has 2 rings (SSSR count). The Bertz CT molecular complexity index is 476. The summed E-state index contributed by atoms with van der Waals surface area (Å²) in [5, 5.41) is 0. The monoisotopic (exact) mass is 236 g/mol. The van der Waals surface area contributed by atoms with E-state index in [0.29, 0.717) is 11.4 Å². The van der Waals surface area contributed by atoms with E-state index in [2.05, 4.69) is 4.98 Å². The maximum Gasteiger partial charge on any atom is 0.265 e. The lowest BCUT2D eigenvalue weighted by molar-refractivity contribution is 0.0779. The summed E-state index contributed by atoms with van der Waals surface area (Å²) >= 11 is 1.37. The van der Waals surface area contributed by atoms with Gasteiger partial charge in [0.1, 0.15) is 10.6 Å². The second-order valence-corrected chi connectivity index (χ2v) is 4.36. The standard InChI is InChI=1S/C11H12N2O2S/c1-8-10(16-7-12-8)11(14)13(2)6-9-4-3-5-15-9/h3-5,7H,6H2,1-2H3. The van der Waals surface area contributed by atoms with Gasteiger partial charge in [-0.2, -0.15) is 0 Å². The van der Waals surface area contributed by atoms with Gasteiger partial charge in [-0.15, -0.1) is 11.3 Å². The topological polar surface area (TPSA) is 46.3 Å². The third-order valence-corrected chi connectivity index (χ3v) is 3.18. The number of amides is 1. The summed E-state index contributed by atoms with van der Waals surface area (Å²) in [6, 6.07) is 3.66. The predicted octanol–water partition coefficient (Wildman–Crippen LogP) is 2.32. The van der Waals surface area contributed by atoms with Crippen molar-refractivity contribution in [1.82, 2.24) is 9.88 Å². The minimum Gasteiger partial charge on any atom is -0.467 e. The molecule has 0 bridgehead atoms. The summed E-state index contributed by atoms with van der Waals surface area (Å²) in [6.45, 7) is 2.31. The fourth-order valence-corrected chi connectivity index (χ4v) is 2.18. The number of thiazole rings is 1. The Kier molecular flexibility index (Phi) is 3.05. The van der Waals surface area contributed by atoms with Crippen LogP contribution in [0.1, 0.15) is 21.1 Å². The van der Waals surface area contributed by atoms with E-state index in [9.17, 15) is 4.79 Å². The minimum atomic E-state index is -0.0172. The van der Waals surface area contributed by atoms with Crippen LogP contribution in [0.5, 0.6) is 0 Å². The van der Waals surface area contributed by atoms with E-state index in [4.69, 9.17) is 4.42 Å². The number of hydrogen-bond acceptors (Lipinski definition) is 4. The van der Waals surface area contributed by atoms with Gasteiger partial charge >= 0.3 is 0 Å². The van der Waals surface area contributed by atoms with Crippen LogP contribution in [-0.2, 0) is 6.54 Å². The first-order valence-corrected chi connectivity index (χ1v) is 5.74. The van der Waals surface area contributed by atoms with Crippen molar-refractivity contribution in [2.75, 3.05) is 7.05 Å². The molecule has 0 unspecified atom stereocenters. The van der Waals surface area contributed by atoms with Gasteiger partial charge in [-0.3, -0.25) is 4.79 Å². The van der Waals surface area contributed by atoms with Gasteiger partial charge in [-0.05, 0) is 19.1 Å². The fraction of sp³-hybridized carbons (Fsp3) is 0.273. The Labute approximate surface area is 97.5 Å². The van der Waals surface area contributed by atoms with E-state index in [1.165, 1.54) is 11.3 Å². The van der Waals surface area contributed by atoms with E-state index >= 15 is 0 Å². The Morgan fingerprint density at radius 1 is 1.62 bits per heavy atom. The SMILES string of the molecule is Cc1ncsc1C(=O)N(C)Cc1ccco1. The van der Waals surface area contributed by atoms with Gasteiger partial charge in [0, 0.05) is 7.05 Å². The third-order valence-electron chi connectivity index (χ3n) is 2.26. The third kappa shape index (κ3) is 2.14. The van der Waals surface area contributed by atoms with Crippen LogP contribution in [0.25, 0.3) is 0 Å². The van der Waals surface area contributed by atoms with Crippen molar-refractivity contribution in [3.05, 3.63) is 40.2 Å². The first kappa shape index (κ1) is 10.9. The smallest absolute Gasteiger partial charge is 0.265 e. The molecule has 0 atom stereocenters. The summed E-state index contributed by atoms with van der Waals surface area (Å²) < 4.78 is 5.20. The van der Waals surface area contributed by atoms with Crippen molar-refractivity contribution in [2.45, 2.75) is 13.5 Å². The van der Waals surface area contributed by atoms with Crippen LogP contribution < -0.4 is 0 Å². The Hall–Kier alpha value is -1.62. The second-order valence-electron chi connectivity index (χ2n) is 3.51. The molecule has 4 nitrogen and oxygen atoms in total. The summed E-state index contributed by atoms with van der Waals surface area (Å²) in [6.07, 6.45) is 1.60. The first-order valence-electron chi connectivity index (χ1n) is 4.86. The maximum absolute atomic E-state index is 12.0. The van der Waals surface area contributed by atoms with Crippen molar-refractivity contribution >= 4 is 17.2 Å². The highest BCUT2D eigenvalue weighted by Crippen LogP contribution is 2.15. The highest BCUT2D eigenvalue weighted by atomic mass is 32.1. The Morgan fingerprint density at radius 2 is 2.44 bits per heavy atom. The van der Waals surface area contributed by atoms with E-state index in [1.54, 1.807) is 23.7 Å². The summed E-state index contributed by atoms with van der Waals surface area (Å²) in [4.78, 5) is 18.4. The number of rotatable bonds is 3. The molecule has 84 valence electrons. The maximum atomic E-state index is 12.0. The molecule has 0 N–H and O–H groups in total. The molecule has 0 fully saturated rings. The van der Waals surface area contributed by atoms with E-state index < -0.39 is 0 Å². The van der Waals surface area contributed by atoms with Crippen LogP contribution >= 0.6 is 11.3 Å². The zero-order chi connectivity index (χ0) is 11.5. The van der Waals surface area contributed by atoms with Gasteiger partial charge in [-0.1, -0.05) is 0 Å². The normalized spacial score (nSPS) is 10.4. The number of aryl methyl sites for hydroxylation is 1. The van der Waals surface area contributed by atoms with E-state index in [0.717, 1.165) is 11.5 Å². The van der Waals surface area contributed by atoms with Crippen LogP contribution in [-0.4, -0.2) is 22.8 Å². The lowest BCUT2D eigenvalue weighted by atomic mass is 10.3. The number of hydrogen-bond donors (Lipinski definition) is 0. The second kappa shape index (κ2) is 4.49. The molecule has 0 saturated carbocycles. The fourth-order valence-electron chi connectivity index (χ4n) is 1.39. The molecule has 0 radical (unpaired) electrons. The van der Waals surface area contributed by atoms with E-state index in [-0.39, 0.29) is 5.91 Å². The van der Waals surface area contributed by atoms with Crippen molar-refractivity contribution in [3.8, 4) is 0 Å².